The van der Waals surface area contributed by atoms with E-state index in [1.54, 1.807) is 42.7 Å². The first-order chi connectivity index (χ1) is 27.4. The predicted octanol–water partition coefficient (Wildman–Crippen LogP) is 11.6. The van der Waals surface area contributed by atoms with E-state index in [-0.39, 0.29) is 25.7 Å². The van der Waals surface area contributed by atoms with Gasteiger partial charge in [0.05, 0.1) is 19.4 Å². The summed E-state index contributed by atoms with van der Waals surface area (Å²) in [6, 6.07) is 43.7. The van der Waals surface area contributed by atoms with E-state index < -0.39 is 27.2 Å². The molecule has 8 rings (SSSR count). The second-order valence-electron chi connectivity index (χ2n) is 13.9. The molecule has 0 aliphatic heterocycles. The van der Waals surface area contributed by atoms with Gasteiger partial charge in [-0.05, 0) is 52.6 Å². The molecule has 0 saturated heterocycles. The van der Waals surface area contributed by atoms with Crippen LogP contribution in [0.25, 0.3) is 55.8 Å². The van der Waals surface area contributed by atoms with Crippen LogP contribution in [0.1, 0.15) is 50.2 Å². The van der Waals surface area contributed by atoms with Crippen molar-refractivity contribution in [3.63, 3.8) is 0 Å². The zero-order chi connectivity index (χ0) is 41.5. The third-order valence-corrected chi connectivity index (χ3v) is 10.8. The van der Waals surface area contributed by atoms with Crippen molar-refractivity contribution in [2.75, 3.05) is 0 Å². The first kappa shape index (κ1) is 30.5. The van der Waals surface area contributed by atoms with E-state index >= 15 is 0 Å². The van der Waals surface area contributed by atoms with E-state index in [1.165, 1.54) is 6.07 Å². The van der Waals surface area contributed by atoms with Gasteiger partial charge in [-0.3, -0.25) is 0 Å². The van der Waals surface area contributed by atoms with Gasteiger partial charge in [-0.2, -0.15) is 0 Å². The van der Waals surface area contributed by atoms with Crippen molar-refractivity contribution in [3.8, 4) is 33.8 Å². The fourth-order valence-electron chi connectivity index (χ4n) is 6.03. The molecule has 0 spiro atoms. The van der Waals surface area contributed by atoms with E-state index in [9.17, 15) is 0 Å². The Morgan fingerprint density at radius 2 is 1.58 bits per heavy atom. The Morgan fingerprint density at radius 3 is 2.28 bits per heavy atom. The number of aryl methyl sites for hydroxylation is 1. The Bertz CT molecular complexity index is 2710. The summed E-state index contributed by atoms with van der Waals surface area (Å²) < 4.78 is 54.8. The Balaban J connectivity index is 0.000000195. The summed E-state index contributed by atoms with van der Waals surface area (Å²) in [7, 11) is -1.87. The molecule has 0 unspecified atom stereocenters. The third kappa shape index (κ3) is 8.63. The SMILES string of the molecule is [2H]C(C)(C)c1ccnc(-c2[c-]ccc3c2oc2nc(-c4ccccc4)ccc23)c1.[2H]C([2H])([2H])c1c[c-]c(-c2cc(C([2H])([2H])c3ccccc3)c([Si](C)(C)C)cn2)cc1.[Ir]. The normalized spacial score (nSPS) is 13.7. The van der Waals surface area contributed by atoms with Crippen LogP contribution in [-0.2, 0) is 26.5 Å². The average molecular weight is 892 g/mol. The van der Waals surface area contributed by atoms with Crippen LogP contribution in [0.4, 0.5) is 0 Å². The van der Waals surface area contributed by atoms with E-state index in [0.717, 1.165) is 44.0 Å². The van der Waals surface area contributed by atoms with Crippen molar-refractivity contribution >= 4 is 35.3 Å². The molecule has 0 aliphatic rings. The molecular weight excluding hydrogens is 843 g/mol. The molecule has 4 aromatic carbocycles. The Kier molecular flexibility index (Phi) is 9.39. The maximum atomic E-state index is 8.88. The standard InChI is InChI=1S/C25H19N2O.C22H24NSi.Ir/c1-16(2)18-13-14-26-23(15-18)21-10-6-9-19-20-11-12-22(17-7-4-3-5-8-17)27-25(20)28-24(19)21;1-17-10-12-19(13-11-17)21-15-20(14-18-8-6-5-7-9-18)22(16-23-21)24(2,3)4;/h3-9,11-16H,1-2H3;5-12,15-16H,14H2,1-4H3;/q2*-1;/i16D;1D3,14D2;. The van der Waals surface area contributed by atoms with Gasteiger partial charge in [-0.25, -0.2) is 4.98 Å². The molecule has 0 N–H and O–H groups in total. The maximum absolute atomic E-state index is 8.88. The van der Waals surface area contributed by atoms with E-state index in [0.29, 0.717) is 33.7 Å². The van der Waals surface area contributed by atoms with Crippen molar-refractivity contribution in [2.24, 2.45) is 0 Å². The molecule has 267 valence electrons. The smallest absolute Gasteiger partial charge is 0.216 e. The van der Waals surface area contributed by atoms with Gasteiger partial charge in [0.25, 0.3) is 0 Å². The van der Waals surface area contributed by atoms with E-state index in [1.807, 2.05) is 92.7 Å². The van der Waals surface area contributed by atoms with Gasteiger partial charge in [0.1, 0.15) is 0 Å². The molecule has 8 aromatic rings. The first-order valence-corrected chi connectivity index (χ1v) is 20.8. The molecule has 4 nitrogen and oxygen atoms in total. The zero-order valence-corrected chi connectivity index (χ0v) is 33.7. The van der Waals surface area contributed by atoms with Crippen LogP contribution < -0.4 is 5.19 Å². The molecule has 4 aromatic heterocycles. The molecule has 4 heterocycles. The van der Waals surface area contributed by atoms with Gasteiger partial charge in [0.2, 0.25) is 5.71 Å². The topological polar surface area (TPSA) is 51.8 Å². The summed E-state index contributed by atoms with van der Waals surface area (Å²) in [5, 5.41) is 2.92. The van der Waals surface area contributed by atoms with Crippen LogP contribution in [0, 0.1) is 19.0 Å². The molecule has 6 heteroatoms. The van der Waals surface area contributed by atoms with Crippen molar-refractivity contribution in [2.45, 2.75) is 52.6 Å². The zero-order valence-electron chi connectivity index (χ0n) is 36.3. The van der Waals surface area contributed by atoms with Crippen molar-refractivity contribution < 1.29 is 32.7 Å². The minimum absolute atomic E-state index is 0. The number of benzene rings is 4. The fraction of sp³-hybridized carbons (Fsp3) is 0.170. The molecule has 0 atom stereocenters. The number of rotatable bonds is 7. The average Bonchev–Trinajstić information content (AvgIpc) is 3.59. The van der Waals surface area contributed by atoms with Crippen molar-refractivity contribution in [3.05, 3.63) is 168 Å². The second kappa shape index (κ2) is 16.3. The fourth-order valence-corrected chi connectivity index (χ4v) is 7.42. The summed E-state index contributed by atoms with van der Waals surface area (Å²) in [6.45, 7) is 8.07. The van der Waals surface area contributed by atoms with Gasteiger partial charge >= 0.3 is 0 Å². The second-order valence-corrected chi connectivity index (χ2v) is 18.9. The van der Waals surface area contributed by atoms with Gasteiger partial charge in [-0.15, -0.1) is 53.6 Å². The summed E-state index contributed by atoms with van der Waals surface area (Å²) in [4.78, 5) is 13.8. The predicted molar refractivity (Wildman–Crippen MR) is 219 cm³/mol. The largest absolute Gasteiger partial charge is 0.486 e. The number of hydrogen-bond donors (Lipinski definition) is 0. The Morgan fingerprint density at radius 1 is 0.811 bits per heavy atom. The van der Waals surface area contributed by atoms with Crippen LogP contribution in [-0.4, -0.2) is 23.0 Å². The molecule has 0 amide bonds. The molecule has 0 saturated carbocycles. The number of hydrogen-bond acceptors (Lipinski definition) is 4. The van der Waals surface area contributed by atoms with Gasteiger partial charge < -0.3 is 14.4 Å². The summed E-state index contributed by atoms with van der Waals surface area (Å²) in [6.07, 6.45) is 1.85. The van der Waals surface area contributed by atoms with Crippen LogP contribution in [0.2, 0.25) is 19.6 Å². The minimum Gasteiger partial charge on any atom is -0.486 e. The quantitative estimate of drug-likeness (QED) is 0.118. The maximum Gasteiger partial charge on any atom is 0.216 e. The van der Waals surface area contributed by atoms with Crippen LogP contribution in [0.3, 0.4) is 0 Å². The number of furan rings is 1. The number of nitrogens with zero attached hydrogens (tertiary/aromatic N) is 3. The van der Waals surface area contributed by atoms with Crippen LogP contribution >= 0.6 is 0 Å². The molecule has 0 aliphatic carbocycles. The van der Waals surface area contributed by atoms with Crippen LogP contribution in [0.5, 0.6) is 0 Å². The van der Waals surface area contributed by atoms with Gasteiger partial charge in [-0.1, -0.05) is 135 Å². The van der Waals surface area contributed by atoms with Crippen molar-refractivity contribution in [1.29, 1.82) is 0 Å². The van der Waals surface area contributed by atoms with Gasteiger partial charge in [0, 0.05) is 51.7 Å². The molecule has 0 fully saturated rings. The first-order valence-electron chi connectivity index (χ1n) is 20.3. The van der Waals surface area contributed by atoms with Crippen LogP contribution in [0.15, 0.2) is 138 Å². The minimum atomic E-state index is -2.18. The molecular formula is C47H43IrN3OSi-2. The number of pyridine rings is 3. The van der Waals surface area contributed by atoms with Gasteiger partial charge in [0.15, 0.2) is 0 Å². The Hall–Kier alpha value is -5.00. The number of fused-ring (bicyclic) bond motifs is 3. The monoisotopic (exact) mass is 892 g/mol. The number of aromatic nitrogens is 3. The molecule has 1 radical (unpaired) electrons. The summed E-state index contributed by atoms with van der Waals surface area (Å²) >= 11 is 0. The molecule has 0 bridgehead atoms. The summed E-state index contributed by atoms with van der Waals surface area (Å²) in [5.41, 5.74) is 8.32. The Labute approximate surface area is 336 Å². The molecule has 53 heavy (non-hydrogen) atoms. The van der Waals surface area contributed by atoms with E-state index in [4.69, 9.17) is 17.6 Å². The van der Waals surface area contributed by atoms with E-state index in [2.05, 4.69) is 47.8 Å². The van der Waals surface area contributed by atoms with Crippen molar-refractivity contribution in [1.82, 2.24) is 15.0 Å². The summed E-state index contributed by atoms with van der Waals surface area (Å²) in [5.74, 6) is -0.703. The third-order valence-electron chi connectivity index (χ3n) is 8.81.